The fourth-order valence-electron chi connectivity index (χ4n) is 11.6. The molecule has 10 rings (SSSR count). The lowest BCUT2D eigenvalue weighted by molar-refractivity contribution is -0.183. The molecule has 0 bridgehead atoms. The molecule has 10 aliphatic rings. The Bertz CT molecular complexity index is 3430. The maximum atomic E-state index is 12.9. The summed E-state index contributed by atoms with van der Waals surface area (Å²) in [6.45, 7) is 20.4. The molecule has 15 unspecified atom stereocenters. The van der Waals surface area contributed by atoms with E-state index in [1.165, 1.54) is 39.2 Å². The van der Waals surface area contributed by atoms with Gasteiger partial charge in [0.1, 0.15) is 79.6 Å². The van der Waals surface area contributed by atoms with Gasteiger partial charge in [-0.15, -0.1) is 12.8 Å². The van der Waals surface area contributed by atoms with E-state index in [9.17, 15) is 76.3 Å². The van der Waals surface area contributed by atoms with Crippen molar-refractivity contribution in [2.24, 2.45) is 0 Å². The predicted molar refractivity (Wildman–Crippen MR) is 429 cm³/mol. The Hall–Kier alpha value is -10.1. The molecule has 8 aliphatic heterocycles. The summed E-state index contributed by atoms with van der Waals surface area (Å²) in [6.07, 6.45) is 11.0. The highest BCUT2D eigenvalue weighted by Gasteiger charge is 2.50. The van der Waals surface area contributed by atoms with Crippen LogP contribution in [0.25, 0.3) is 0 Å². The first kappa shape index (κ1) is 115. The minimum atomic E-state index is -2.38. The Morgan fingerprint density at radius 1 is 0.359 bits per heavy atom. The Morgan fingerprint density at radius 3 is 0.855 bits per heavy atom. The zero-order valence-electron chi connectivity index (χ0n) is 75.2. The highest BCUT2D eigenvalue weighted by Crippen LogP contribution is 2.28. The molecule has 8 saturated heterocycles. The van der Waals surface area contributed by atoms with Crippen molar-refractivity contribution in [1.82, 2.24) is 0 Å². The third-order valence-corrected chi connectivity index (χ3v) is 17.9. The summed E-state index contributed by atoms with van der Waals surface area (Å²) in [5, 5.41) is 0. The summed E-state index contributed by atoms with van der Waals surface area (Å²) < 4.78 is 164. The van der Waals surface area contributed by atoms with E-state index in [1.807, 2.05) is 13.8 Å². The summed E-state index contributed by atoms with van der Waals surface area (Å²) in [6, 6.07) is 0. The van der Waals surface area contributed by atoms with Gasteiger partial charge in [-0.25, -0.2) is 71.9 Å². The summed E-state index contributed by atoms with van der Waals surface area (Å²) in [5.74, 6) is -7.95. The number of alkyl halides is 1. The van der Waals surface area contributed by atoms with Crippen molar-refractivity contribution in [2.75, 3.05) is 135 Å². The van der Waals surface area contributed by atoms with Gasteiger partial charge in [0.2, 0.25) is 0 Å². The molecule has 0 spiro atoms. The molecule has 0 aromatic rings. The topological polar surface area (TPSA) is 542 Å². The molecule has 0 aromatic heterocycles. The van der Waals surface area contributed by atoms with Crippen LogP contribution in [0.5, 0.6) is 0 Å². The molecule has 8 heterocycles. The molecule has 15 atom stereocenters. The van der Waals surface area contributed by atoms with Crippen LogP contribution in [0.4, 0.5) is 4.39 Å². The van der Waals surface area contributed by atoms with Gasteiger partial charge in [-0.1, -0.05) is 76.7 Å². The number of rotatable bonds is 33. The van der Waals surface area contributed by atoms with Crippen LogP contribution in [0.1, 0.15) is 145 Å². The van der Waals surface area contributed by atoms with Gasteiger partial charge in [0.05, 0.1) is 60.0 Å². The normalized spacial score (nSPS) is 25.5. The maximum absolute atomic E-state index is 12.9. The lowest BCUT2D eigenvalue weighted by Gasteiger charge is -2.25. The average Bonchev–Trinajstić information content (AvgIpc) is 1.75. The third-order valence-electron chi connectivity index (χ3n) is 17.9. The van der Waals surface area contributed by atoms with Crippen molar-refractivity contribution in [1.29, 1.82) is 0 Å². The van der Waals surface area contributed by atoms with E-state index >= 15 is 0 Å². The summed E-state index contributed by atoms with van der Waals surface area (Å²) in [7, 11) is 3.50. The van der Waals surface area contributed by atoms with Gasteiger partial charge >= 0.3 is 95.4 Å². The van der Waals surface area contributed by atoms with Crippen LogP contribution in [-0.4, -0.2) is 340 Å². The van der Waals surface area contributed by atoms with E-state index in [0.717, 1.165) is 84.2 Å². The zero-order valence-corrected chi connectivity index (χ0v) is 75.2. The van der Waals surface area contributed by atoms with Crippen LogP contribution in [0.15, 0.2) is 25.3 Å². The Kier molecular flexibility index (Phi) is 57.6. The fourth-order valence-corrected chi connectivity index (χ4v) is 11.6. The van der Waals surface area contributed by atoms with Crippen molar-refractivity contribution < 1.29 is 223 Å². The van der Waals surface area contributed by atoms with Gasteiger partial charge in [0.25, 0.3) is 0 Å². The van der Waals surface area contributed by atoms with Crippen LogP contribution in [0.3, 0.4) is 0 Å². The molecule has 46 nitrogen and oxygen atoms in total. The Labute approximate surface area is 756 Å². The number of carbonyl (C=O) groups is 15. The standard InChI is InChI=1S/C17H26O6.C13H22O6.C11H18O6.C11H14O6.C11H10O6.C9H14O6.C7H10O6.C5H7FO4/c18-16(22-12-7-3-1-4-8-12)14-15(21-11-20-14)17(19)23-13-9-5-2-6-10-13;1-3-5-7-16-12(14)10-11(19-9-18-10)13(15)17-8-6-4-2;1-6(2)16-10(12)8-9(15-5-14-8)11(13)17-7(3)4;2*1-3-5-14-10(12)8-9(17-7-16-8)11(13)15-6-4-2;1-3-12-8(10)6-7(15-5-14-6)9(11)13-4-2;1-10-6(8)4-5(7(9)11-2)13-3-12-4;1-8-4(7)5(6)2-9-3-10-5/h12-15H,1-11H2;10-11H,3-9H2,1-2H3;6-9H,5H2,1-4H3;3-4,8-9H,1-2,5-7H2;1-2,8-9H,5-7H2;6-7H,3-5H2,1-2H3;4-5H,3H2,1-2H3;2-3H2,1H3. The number of ether oxygens (including phenoxy) is 31. The second-order valence-electron chi connectivity index (χ2n) is 28.3. The number of terminal acetylenes is 2. The van der Waals surface area contributed by atoms with E-state index in [-0.39, 0.29) is 125 Å². The summed E-state index contributed by atoms with van der Waals surface area (Å²) in [4.78, 5) is 172. The van der Waals surface area contributed by atoms with Crippen molar-refractivity contribution in [2.45, 2.75) is 261 Å². The van der Waals surface area contributed by atoms with Gasteiger partial charge in [0, 0.05) is 0 Å². The van der Waals surface area contributed by atoms with Crippen molar-refractivity contribution >= 4 is 89.5 Å². The number of hydrogen-bond acceptors (Lipinski definition) is 46. The van der Waals surface area contributed by atoms with Gasteiger partial charge in [-0.05, 0) is 106 Å². The SMILES string of the molecule is C#CCOC(=O)C1OCOC1C(=O)OCC#C.C=CCOC(=O)C1OCOC1C(=O)OCC=C.CC(C)OC(=O)C1OCOC1C(=O)OC(C)C.CCCCOC(=O)C1OCOC1C(=O)OCCCC.CCOC(=O)C1OCOC1C(=O)OCC.COC(=O)C1(F)COCO1.COC(=O)C1OCOC1C(=O)OC.O=C(OC1CCCCC1)C1OCOC1C(=O)OC1CCCCC1. The first-order valence-corrected chi connectivity index (χ1v) is 41.9. The number of esters is 15. The second kappa shape index (κ2) is 65.5. The molecule has 0 aromatic carbocycles. The first-order valence-electron chi connectivity index (χ1n) is 41.9. The molecule has 131 heavy (non-hydrogen) atoms. The molecule has 740 valence electrons. The highest BCUT2D eigenvalue weighted by atomic mass is 19.2. The predicted octanol–water partition coefficient (Wildman–Crippen LogP) is 2.55. The van der Waals surface area contributed by atoms with E-state index < -0.39 is 181 Å². The lowest BCUT2D eigenvalue weighted by atomic mass is 9.97. The number of hydrogen-bond donors (Lipinski definition) is 0. The third kappa shape index (κ3) is 41.3. The smallest absolute Gasteiger partial charge is 0.374 e. The van der Waals surface area contributed by atoms with Crippen LogP contribution in [-0.2, 0) is 219 Å². The maximum Gasteiger partial charge on any atom is 0.374 e. The van der Waals surface area contributed by atoms with Crippen LogP contribution < -0.4 is 0 Å². The van der Waals surface area contributed by atoms with Crippen molar-refractivity contribution in [3.63, 3.8) is 0 Å². The van der Waals surface area contributed by atoms with Gasteiger partial charge in [0.15, 0.2) is 105 Å². The molecular formula is C84H121FO46. The molecule has 0 radical (unpaired) electrons. The molecule has 0 N–H and O–H groups in total. The average molecular weight is 1890 g/mol. The molecule has 2 aliphatic carbocycles. The molecule has 2 saturated carbocycles. The van der Waals surface area contributed by atoms with Gasteiger partial charge in [-0.3, -0.25) is 0 Å². The largest absolute Gasteiger partial charge is 0.467 e. The van der Waals surface area contributed by atoms with Gasteiger partial charge in [-0.2, -0.15) is 4.39 Å². The van der Waals surface area contributed by atoms with Gasteiger partial charge < -0.3 is 147 Å². The number of unbranched alkanes of at least 4 members (excludes halogenated alkanes) is 2. The first-order chi connectivity index (χ1) is 62.8. The second-order valence-corrected chi connectivity index (χ2v) is 28.3. The van der Waals surface area contributed by atoms with Crippen LogP contribution in [0.2, 0.25) is 0 Å². The Balaban J connectivity index is 0.000000389. The van der Waals surface area contributed by atoms with Crippen LogP contribution >= 0.6 is 0 Å². The lowest BCUT2D eigenvalue weighted by Crippen LogP contribution is -2.42. The quantitative estimate of drug-likeness (QED) is 0.0299. The number of carbonyl (C=O) groups excluding carboxylic acids is 15. The molecule has 10 fully saturated rings. The zero-order chi connectivity index (χ0) is 97.2. The summed E-state index contributed by atoms with van der Waals surface area (Å²) >= 11 is 0. The van der Waals surface area contributed by atoms with Crippen molar-refractivity contribution in [3.8, 4) is 24.7 Å². The number of halogens is 1. The minimum Gasteiger partial charge on any atom is -0.467 e. The van der Waals surface area contributed by atoms with E-state index in [4.69, 9.17) is 127 Å². The van der Waals surface area contributed by atoms with E-state index in [2.05, 4.69) is 58.2 Å². The highest BCUT2D eigenvalue weighted by molar-refractivity contribution is 5.90. The van der Waals surface area contributed by atoms with E-state index in [0.29, 0.717) is 13.2 Å². The number of methoxy groups -OCH3 is 3. The Morgan fingerprint density at radius 2 is 0.618 bits per heavy atom. The fraction of sp³-hybridized carbons (Fsp3) is 0.726. The monoisotopic (exact) mass is 1880 g/mol. The van der Waals surface area contributed by atoms with E-state index in [1.54, 1.807) is 41.5 Å². The summed E-state index contributed by atoms with van der Waals surface area (Å²) in [5.41, 5.74) is 0. The van der Waals surface area contributed by atoms with Crippen molar-refractivity contribution in [3.05, 3.63) is 25.3 Å². The van der Waals surface area contributed by atoms with Crippen LogP contribution in [0, 0.1) is 24.7 Å². The molecule has 0 amide bonds. The minimum absolute atomic E-state index is 0.0487. The molecular weight excluding hydrogens is 1760 g/mol. The molecule has 47 heteroatoms.